The molecule has 0 unspecified atom stereocenters. The Morgan fingerprint density at radius 1 is 0.926 bits per heavy atom. The lowest BCUT2D eigenvalue weighted by Gasteiger charge is -2.35. The van der Waals surface area contributed by atoms with Crippen LogP contribution in [-0.2, 0) is 14.8 Å². The van der Waals surface area contributed by atoms with Crippen LogP contribution in [0.5, 0.6) is 0 Å². The van der Waals surface area contributed by atoms with Gasteiger partial charge in [0.05, 0.1) is 4.90 Å². The van der Waals surface area contributed by atoms with Gasteiger partial charge in [0, 0.05) is 44.6 Å². The number of nitrogens with zero attached hydrogens (tertiary/aromatic N) is 2. The van der Waals surface area contributed by atoms with Crippen molar-refractivity contribution in [2.45, 2.75) is 42.6 Å². The number of likely N-dealkylation sites (tertiary alicyclic amines) is 1. The summed E-state index contributed by atoms with van der Waals surface area (Å²) >= 11 is 0. The third-order valence-electron chi connectivity index (χ3n) is 5.33. The maximum Gasteiger partial charge on any atom is 0.335 e. The minimum absolute atomic E-state index is 0.0322. The van der Waals surface area contributed by atoms with Crippen molar-refractivity contribution in [1.82, 2.24) is 9.21 Å². The highest BCUT2D eigenvalue weighted by atomic mass is 32.2. The minimum Gasteiger partial charge on any atom is -0.479 e. The zero-order chi connectivity index (χ0) is 19.7. The van der Waals surface area contributed by atoms with Gasteiger partial charge in [0.1, 0.15) is 0 Å². The fraction of sp³-hybridized carbons (Fsp3) is 0.556. The molecular formula is C18H24N2O6S. The number of carbonyl (C=O) groups excluding carboxylic acids is 1. The maximum absolute atomic E-state index is 12.7. The number of amides is 1. The predicted octanol–water partition coefficient (Wildman–Crippen LogP) is 0.913. The molecule has 8 nitrogen and oxygen atoms in total. The van der Waals surface area contributed by atoms with E-state index in [0.29, 0.717) is 18.7 Å². The van der Waals surface area contributed by atoms with Gasteiger partial charge in [-0.15, -0.1) is 0 Å². The Morgan fingerprint density at radius 2 is 1.48 bits per heavy atom. The molecule has 1 amide bonds. The van der Waals surface area contributed by atoms with E-state index in [-0.39, 0.29) is 36.7 Å². The fourth-order valence-corrected chi connectivity index (χ4v) is 5.02. The van der Waals surface area contributed by atoms with Gasteiger partial charge in [-0.25, -0.2) is 13.2 Å². The number of carboxylic acids is 1. The molecule has 148 valence electrons. The van der Waals surface area contributed by atoms with Gasteiger partial charge >= 0.3 is 5.97 Å². The van der Waals surface area contributed by atoms with E-state index in [1.807, 2.05) is 0 Å². The first-order valence-corrected chi connectivity index (χ1v) is 10.5. The van der Waals surface area contributed by atoms with Gasteiger partial charge in [0.15, 0.2) is 5.60 Å². The van der Waals surface area contributed by atoms with Crippen LogP contribution in [0.4, 0.5) is 0 Å². The molecule has 0 spiro atoms. The van der Waals surface area contributed by atoms with E-state index in [9.17, 15) is 23.1 Å². The van der Waals surface area contributed by atoms with E-state index >= 15 is 0 Å². The van der Waals surface area contributed by atoms with E-state index in [4.69, 9.17) is 5.11 Å². The van der Waals surface area contributed by atoms with Crippen LogP contribution < -0.4 is 0 Å². The summed E-state index contributed by atoms with van der Waals surface area (Å²) in [5, 5.41) is 19.0. The highest BCUT2D eigenvalue weighted by Gasteiger charge is 2.40. The Bertz CT molecular complexity index is 807. The van der Waals surface area contributed by atoms with Crippen molar-refractivity contribution in [2.24, 2.45) is 0 Å². The first-order valence-electron chi connectivity index (χ1n) is 9.09. The molecule has 2 heterocycles. The lowest BCUT2D eigenvalue weighted by molar-refractivity contribution is -0.162. The first kappa shape index (κ1) is 19.8. The summed E-state index contributed by atoms with van der Waals surface area (Å²) in [7, 11) is -3.54. The molecule has 1 aromatic rings. The lowest BCUT2D eigenvalue weighted by Crippen LogP contribution is -2.50. The minimum atomic E-state index is -3.54. The van der Waals surface area contributed by atoms with Crippen LogP contribution in [0.1, 0.15) is 42.5 Å². The molecule has 1 aromatic carbocycles. The number of hydrogen-bond acceptors (Lipinski definition) is 5. The quantitative estimate of drug-likeness (QED) is 0.782. The summed E-state index contributed by atoms with van der Waals surface area (Å²) in [4.78, 5) is 25.3. The molecule has 0 aromatic heterocycles. The number of carbonyl (C=O) groups is 2. The van der Waals surface area contributed by atoms with Gasteiger partial charge < -0.3 is 15.1 Å². The number of piperidine rings is 2. The van der Waals surface area contributed by atoms with Crippen LogP contribution >= 0.6 is 0 Å². The second-order valence-electron chi connectivity index (χ2n) is 7.12. The molecule has 3 rings (SSSR count). The zero-order valence-corrected chi connectivity index (χ0v) is 15.8. The molecule has 27 heavy (non-hydrogen) atoms. The van der Waals surface area contributed by atoms with E-state index in [2.05, 4.69) is 0 Å². The SMILES string of the molecule is O=C(c1ccc(S(=O)(=O)N2CCCCC2)cc1)N1CCC(O)(C(=O)O)CC1. The summed E-state index contributed by atoms with van der Waals surface area (Å²) < 4.78 is 26.8. The molecule has 0 radical (unpaired) electrons. The lowest BCUT2D eigenvalue weighted by atomic mass is 9.91. The van der Waals surface area contributed by atoms with Crippen molar-refractivity contribution in [3.05, 3.63) is 29.8 Å². The van der Waals surface area contributed by atoms with Crippen molar-refractivity contribution in [3.8, 4) is 0 Å². The van der Waals surface area contributed by atoms with E-state index in [1.54, 1.807) is 0 Å². The summed E-state index contributed by atoms with van der Waals surface area (Å²) in [5.41, 5.74) is -1.45. The number of sulfonamides is 1. The summed E-state index contributed by atoms with van der Waals surface area (Å²) in [6.07, 6.45) is 2.68. The topological polar surface area (TPSA) is 115 Å². The van der Waals surface area contributed by atoms with E-state index < -0.39 is 21.6 Å². The molecule has 0 atom stereocenters. The predicted molar refractivity (Wildman–Crippen MR) is 96.8 cm³/mol. The average molecular weight is 396 g/mol. The maximum atomic E-state index is 12.7. The van der Waals surface area contributed by atoms with Crippen LogP contribution in [0.2, 0.25) is 0 Å². The van der Waals surface area contributed by atoms with Crippen LogP contribution in [0.15, 0.2) is 29.2 Å². The number of aliphatic carboxylic acids is 1. The average Bonchev–Trinajstić information content (AvgIpc) is 2.69. The van der Waals surface area contributed by atoms with Crippen LogP contribution in [0.3, 0.4) is 0 Å². The summed E-state index contributed by atoms with van der Waals surface area (Å²) in [5.74, 6) is -1.58. The number of aliphatic hydroxyl groups is 1. The van der Waals surface area contributed by atoms with Crippen LogP contribution in [0, 0.1) is 0 Å². The fourth-order valence-electron chi connectivity index (χ4n) is 3.50. The number of benzene rings is 1. The van der Waals surface area contributed by atoms with Gasteiger partial charge in [0.2, 0.25) is 10.0 Å². The monoisotopic (exact) mass is 396 g/mol. The number of carboxylic acid groups (broad SMARTS) is 1. The molecular weight excluding hydrogens is 372 g/mol. The van der Waals surface area contributed by atoms with Gasteiger partial charge in [-0.1, -0.05) is 6.42 Å². The van der Waals surface area contributed by atoms with Gasteiger partial charge in [-0.05, 0) is 37.1 Å². The van der Waals surface area contributed by atoms with Crippen molar-refractivity contribution in [3.63, 3.8) is 0 Å². The molecule has 2 aliphatic rings. The Hall–Kier alpha value is -1.97. The Labute approximate surface area is 158 Å². The van der Waals surface area contributed by atoms with E-state index in [1.165, 1.54) is 33.5 Å². The smallest absolute Gasteiger partial charge is 0.335 e. The highest BCUT2D eigenvalue weighted by molar-refractivity contribution is 7.89. The standard InChI is InChI=1S/C18H24N2O6S/c21-16(19-12-8-18(24,9-13-19)17(22)23)14-4-6-15(7-5-14)27(25,26)20-10-2-1-3-11-20/h4-7,24H,1-3,8-13H2,(H,22,23). The van der Waals surface area contributed by atoms with E-state index in [0.717, 1.165) is 19.3 Å². The molecule has 9 heteroatoms. The Balaban J connectivity index is 1.68. The molecule has 2 saturated heterocycles. The molecule has 0 aliphatic carbocycles. The highest BCUT2D eigenvalue weighted by Crippen LogP contribution is 2.25. The summed E-state index contributed by atoms with van der Waals surface area (Å²) in [6, 6.07) is 5.84. The number of hydrogen-bond donors (Lipinski definition) is 2. The largest absolute Gasteiger partial charge is 0.479 e. The van der Waals surface area contributed by atoms with Crippen molar-refractivity contribution in [1.29, 1.82) is 0 Å². The van der Waals surface area contributed by atoms with Crippen molar-refractivity contribution >= 4 is 21.9 Å². The van der Waals surface area contributed by atoms with Crippen molar-refractivity contribution < 1.29 is 28.2 Å². The molecule has 2 N–H and O–H groups in total. The molecule has 2 aliphatic heterocycles. The normalized spacial score (nSPS) is 21.0. The molecule has 0 saturated carbocycles. The summed E-state index contributed by atoms with van der Waals surface area (Å²) in [6.45, 7) is 1.30. The second kappa shape index (κ2) is 7.57. The first-order chi connectivity index (χ1) is 12.7. The van der Waals surface area contributed by atoms with Gasteiger partial charge in [-0.3, -0.25) is 4.79 Å². The third-order valence-corrected chi connectivity index (χ3v) is 7.24. The number of rotatable bonds is 4. The Morgan fingerprint density at radius 3 is 2.00 bits per heavy atom. The van der Waals surface area contributed by atoms with Crippen molar-refractivity contribution in [2.75, 3.05) is 26.2 Å². The Kier molecular flexibility index (Phi) is 5.55. The third kappa shape index (κ3) is 3.99. The zero-order valence-electron chi connectivity index (χ0n) is 15.0. The molecule has 0 bridgehead atoms. The van der Waals surface area contributed by atoms with Crippen LogP contribution in [-0.4, -0.2) is 71.5 Å². The molecule has 2 fully saturated rings. The van der Waals surface area contributed by atoms with Crippen LogP contribution in [0.25, 0.3) is 0 Å². The second-order valence-corrected chi connectivity index (χ2v) is 9.06. The van der Waals surface area contributed by atoms with Gasteiger partial charge in [-0.2, -0.15) is 4.31 Å². The van der Waals surface area contributed by atoms with Gasteiger partial charge in [0.25, 0.3) is 5.91 Å².